The molecule has 0 aliphatic carbocycles. The van der Waals surface area contributed by atoms with Gasteiger partial charge in [0.25, 0.3) is 5.91 Å². The van der Waals surface area contributed by atoms with Crippen LogP contribution in [-0.2, 0) is 16.4 Å². The van der Waals surface area contributed by atoms with Gasteiger partial charge in [0.05, 0.1) is 12.7 Å². The summed E-state index contributed by atoms with van der Waals surface area (Å²) in [6, 6.07) is 6.50. The van der Waals surface area contributed by atoms with Gasteiger partial charge >= 0.3 is 6.18 Å². The van der Waals surface area contributed by atoms with Crippen molar-refractivity contribution in [2.45, 2.75) is 50.2 Å². The lowest BCUT2D eigenvalue weighted by Gasteiger charge is -2.41. The molecule has 2 aliphatic rings. The monoisotopic (exact) mass is 579 g/mol. The average molecular weight is 580 g/mol. The molecule has 5 heterocycles. The quantitative estimate of drug-likeness (QED) is 0.351. The number of hydrogen-bond acceptors (Lipinski definition) is 7. The number of fused-ring (bicyclic) bond motifs is 2. The molecule has 2 fully saturated rings. The Kier molecular flexibility index (Phi) is 6.54. The summed E-state index contributed by atoms with van der Waals surface area (Å²) < 4.78 is 46.8. The molecule has 0 bridgehead atoms. The topological polar surface area (TPSA) is 128 Å². The fourth-order valence-corrected chi connectivity index (χ4v) is 6.00. The summed E-state index contributed by atoms with van der Waals surface area (Å²) in [5.74, 6) is 0.547. The van der Waals surface area contributed by atoms with Crippen molar-refractivity contribution in [1.82, 2.24) is 24.3 Å². The van der Waals surface area contributed by atoms with E-state index in [0.717, 1.165) is 43.4 Å². The van der Waals surface area contributed by atoms with Crippen LogP contribution in [0.5, 0.6) is 5.75 Å². The molecule has 3 N–H and O–H groups in total. The van der Waals surface area contributed by atoms with Crippen LogP contribution >= 0.6 is 0 Å². The maximum absolute atomic E-state index is 13.1. The number of ether oxygens (including phenoxy) is 1. The summed E-state index contributed by atoms with van der Waals surface area (Å²) in [6.07, 6.45) is 2.94. The Bertz CT molecular complexity index is 1720. The van der Waals surface area contributed by atoms with Gasteiger partial charge in [-0.3, -0.25) is 14.0 Å². The third-order valence-electron chi connectivity index (χ3n) is 8.17. The number of anilines is 2. The zero-order chi connectivity index (χ0) is 29.8. The van der Waals surface area contributed by atoms with Gasteiger partial charge in [-0.1, -0.05) is 6.92 Å². The number of nitrogens with zero attached hydrogens (tertiary/aromatic N) is 5. The number of imidazole rings is 1. The highest BCUT2D eigenvalue weighted by Gasteiger charge is 2.45. The molecule has 6 rings (SSSR count). The van der Waals surface area contributed by atoms with E-state index in [0.29, 0.717) is 35.5 Å². The standard InChI is InChI=1S/C29H28F3N7O3/c1-28(9-7-18-4-6-22(40)39(18)15-28)27-37-23(24-25(33)35-11-12-38(24)27)19-5-3-16(13-20(19)42-2)26(41)36-21-14-17(8-10-34-21)29(30,31)32/h3,5,8,10-14,18H,4,6-7,9,15H2,1-2H3,(H2,33,35)(H,34,36,41)/t18-,28-/m1/s1. The highest BCUT2D eigenvalue weighted by molar-refractivity contribution is 6.04. The fourth-order valence-electron chi connectivity index (χ4n) is 6.00. The predicted molar refractivity (Wildman–Crippen MR) is 148 cm³/mol. The number of rotatable bonds is 5. The number of methoxy groups -OCH3 is 1. The Labute approximate surface area is 238 Å². The molecular formula is C29H28F3N7O3. The third kappa shape index (κ3) is 4.68. The molecule has 4 aromatic rings. The maximum atomic E-state index is 13.1. The molecule has 0 unspecified atom stereocenters. The fraction of sp³-hybridized carbons (Fsp3) is 0.345. The molecule has 0 saturated carbocycles. The molecule has 2 amide bonds. The van der Waals surface area contributed by atoms with E-state index in [1.165, 1.54) is 19.2 Å². The van der Waals surface area contributed by atoms with E-state index in [9.17, 15) is 22.8 Å². The minimum atomic E-state index is -4.57. The van der Waals surface area contributed by atoms with Crippen LogP contribution < -0.4 is 15.8 Å². The SMILES string of the molecule is COc1cc(C(=O)Nc2cc(C(F)(F)F)ccn2)ccc1-c1nc([C@]2(C)CC[C@H]3CCC(=O)N3C2)n2ccnc(N)c12. The van der Waals surface area contributed by atoms with Crippen molar-refractivity contribution in [1.29, 1.82) is 0 Å². The number of nitrogens with two attached hydrogens (primary N) is 1. The number of pyridine rings is 1. The van der Waals surface area contributed by atoms with Gasteiger partial charge in [-0.05, 0) is 49.6 Å². The molecule has 0 spiro atoms. The van der Waals surface area contributed by atoms with Crippen LogP contribution in [0.4, 0.5) is 24.8 Å². The maximum Gasteiger partial charge on any atom is 0.416 e. The first-order chi connectivity index (χ1) is 20.0. The third-order valence-corrected chi connectivity index (χ3v) is 8.17. The van der Waals surface area contributed by atoms with Gasteiger partial charge in [-0.2, -0.15) is 13.2 Å². The van der Waals surface area contributed by atoms with Crippen molar-refractivity contribution in [2.24, 2.45) is 0 Å². The van der Waals surface area contributed by atoms with E-state index in [2.05, 4.69) is 22.2 Å². The first-order valence-corrected chi connectivity index (χ1v) is 13.4. The van der Waals surface area contributed by atoms with Crippen molar-refractivity contribution in [2.75, 3.05) is 24.7 Å². The van der Waals surface area contributed by atoms with E-state index in [1.807, 2.05) is 9.30 Å². The summed E-state index contributed by atoms with van der Waals surface area (Å²) in [5.41, 5.74) is 6.73. The molecule has 3 aromatic heterocycles. The zero-order valence-corrected chi connectivity index (χ0v) is 22.9. The van der Waals surface area contributed by atoms with Gasteiger partial charge in [-0.25, -0.2) is 15.0 Å². The lowest BCUT2D eigenvalue weighted by atomic mass is 9.79. The Morgan fingerprint density at radius 2 is 1.98 bits per heavy atom. The van der Waals surface area contributed by atoms with Crippen LogP contribution in [0.3, 0.4) is 0 Å². The summed E-state index contributed by atoms with van der Waals surface area (Å²) in [4.78, 5) is 40.6. The van der Waals surface area contributed by atoms with Gasteiger partial charge in [0, 0.05) is 54.1 Å². The van der Waals surface area contributed by atoms with Gasteiger partial charge < -0.3 is 20.7 Å². The van der Waals surface area contributed by atoms with Gasteiger partial charge in [0.2, 0.25) is 5.91 Å². The van der Waals surface area contributed by atoms with Crippen LogP contribution in [0.25, 0.3) is 16.8 Å². The normalized spacial score (nSPS) is 20.5. The first kappa shape index (κ1) is 27.5. The second kappa shape index (κ2) is 10.00. The molecule has 218 valence electrons. The highest BCUT2D eigenvalue weighted by Crippen LogP contribution is 2.43. The van der Waals surface area contributed by atoms with Crippen LogP contribution in [0, 0.1) is 0 Å². The second-order valence-electron chi connectivity index (χ2n) is 10.9. The Morgan fingerprint density at radius 1 is 1.17 bits per heavy atom. The smallest absolute Gasteiger partial charge is 0.416 e. The second-order valence-corrected chi connectivity index (χ2v) is 10.9. The summed E-state index contributed by atoms with van der Waals surface area (Å²) >= 11 is 0. The number of aromatic nitrogens is 4. The van der Waals surface area contributed by atoms with Crippen LogP contribution in [0.1, 0.15) is 54.4 Å². The number of carbonyl (C=O) groups excluding carboxylic acids is 2. The molecule has 2 aliphatic heterocycles. The van der Waals surface area contributed by atoms with Gasteiger partial charge in [0.15, 0.2) is 0 Å². The largest absolute Gasteiger partial charge is 0.496 e. The number of piperidine rings is 1. The van der Waals surface area contributed by atoms with E-state index in [1.54, 1.807) is 18.5 Å². The number of nitrogen functional groups attached to an aromatic ring is 1. The lowest BCUT2D eigenvalue weighted by Crippen LogP contribution is -2.49. The van der Waals surface area contributed by atoms with E-state index in [4.69, 9.17) is 15.5 Å². The highest BCUT2D eigenvalue weighted by atomic mass is 19.4. The van der Waals surface area contributed by atoms with Crippen molar-refractivity contribution in [3.63, 3.8) is 0 Å². The van der Waals surface area contributed by atoms with Crippen molar-refractivity contribution >= 4 is 29.0 Å². The van der Waals surface area contributed by atoms with Crippen molar-refractivity contribution < 1.29 is 27.5 Å². The van der Waals surface area contributed by atoms with Gasteiger partial charge in [0.1, 0.15) is 34.4 Å². The van der Waals surface area contributed by atoms with E-state index < -0.39 is 23.1 Å². The molecular weight excluding hydrogens is 551 g/mol. The number of nitrogens with one attached hydrogen (secondary N) is 1. The number of amides is 2. The van der Waals surface area contributed by atoms with Gasteiger partial charge in [-0.15, -0.1) is 0 Å². The number of halogens is 3. The number of alkyl halides is 3. The molecule has 1 aromatic carbocycles. The molecule has 13 heteroatoms. The minimum absolute atomic E-state index is 0.141. The Balaban J connectivity index is 1.37. The van der Waals surface area contributed by atoms with Crippen LogP contribution in [0.15, 0.2) is 48.9 Å². The summed E-state index contributed by atoms with van der Waals surface area (Å²) in [6.45, 7) is 2.63. The minimum Gasteiger partial charge on any atom is -0.496 e. The van der Waals surface area contributed by atoms with E-state index in [-0.39, 0.29) is 29.1 Å². The van der Waals surface area contributed by atoms with Crippen molar-refractivity contribution in [3.05, 3.63) is 65.9 Å². The lowest BCUT2D eigenvalue weighted by molar-refractivity contribution is -0.137. The zero-order valence-electron chi connectivity index (χ0n) is 22.9. The summed E-state index contributed by atoms with van der Waals surface area (Å²) in [5, 5.41) is 2.41. The molecule has 10 nitrogen and oxygen atoms in total. The number of benzene rings is 1. The van der Waals surface area contributed by atoms with Crippen molar-refractivity contribution in [3.8, 4) is 17.0 Å². The molecule has 2 atom stereocenters. The summed E-state index contributed by atoms with van der Waals surface area (Å²) in [7, 11) is 1.44. The Hall–Kier alpha value is -4.68. The molecule has 0 radical (unpaired) electrons. The Morgan fingerprint density at radius 3 is 2.74 bits per heavy atom. The number of hydrogen-bond donors (Lipinski definition) is 2. The van der Waals surface area contributed by atoms with Crippen LogP contribution in [0.2, 0.25) is 0 Å². The average Bonchev–Trinajstić information content (AvgIpc) is 3.54. The number of carbonyl (C=O) groups is 2. The molecule has 2 saturated heterocycles. The van der Waals surface area contributed by atoms with E-state index >= 15 is 0 Å². The molecule has 42 heavy (non-hydrogen) atoms. The first-order valence-electron chi connectivity index (χ1n) is 13.4. The van der Waals surface area contributed by atoms with Crippen LogP contribution in [-0.4, -0.2) is 55.8 Å². The predicted octanol–water partition coefficient (Wildman–Crippen LogP) is 4.70.